The molecular formula is C32H58O3. The van der Waals surface area contributed by atoms with Gasteiger partial charge in [0.25, 0.3) is 0 Å². The second-order valence-electron chi connectivity index (χ2n) is 12.9. The number of rotatable bonds is 13. The highest BCUT2D eigenvalue weighted by molar-refractivity contribution is 5.60. The van der Waals surface area contributed by atoms with Crippen LogP contribution in [0.5, 0.6) is 0 Å². The molecule has 0 saturated heterocycles. The quantitative estimate of drug-likeness (QED) is 0.190. The van der Waals surface area contributed by atoms with E-state index in [-0.39, 0.29) is 5.60 Å². The highest BCUT2D eigenvalue weighted by Gasteiger charge is 2.41. The largest absolute Gasteiger partial charge is 0.508 e. The van der Waals surface area contributed by atoms with Crippen molar-refractivity contribution in [2.45, 2.75) is 161 Å². The Morgan fingerprint density at radius 1 is 0.714 bits per heavy atom. The smallest absolute Gasteiger partial charge is 0.434 e. The topological polar surface area (TPSA) is 35.5 Å². The van der Waals surface area contributed by atoms with E-state index in [2.05, 4.69) is 20.8 Å². The Labute approximate surface area is 217 Å². The molecule has 0 aliphatic heterocycles. The van der Waals surface area contributed by atoms with Gasteiger partial charge in [0.15, 0.2) is 0 Å². The van der Waals surface area contributed by atoms with E-state index in [0.717, 1.165) is 61.7 Å². The van der Waals surface area contributed by atoms with Crippen LogP contribution in [-0.2, 0) is 9.47 Å². The van der Waals surface area contributed by atoms with Crippen LogP contribution in [0.25, 0.3) is 0 Å². The lowest BCUT2D eigenvalue weighted by atomic mass is 9.67. The van der Waals surface area contributed by atoms with Crippen LogP contribution in [0, 0.1) is 29.6 Å². The van der Waals surface area contributed by atoms with E-state index >= 15 is 0 Å². The van der Waals surface area contributed by atoms with E-state index in [9.17, 15) is 4.79 Å². The summed E-state index contributed by atoms with van der Waals surface area (Å²) >= 11 is 0. The van der Waals surface area contributed by atoms with Crippen molar-refractivity contribution < 1.29 is 14.3 Å². The van der Waals surface area contributed by atoms with Crippen molar-refractivity contribution in [1.29, 1.82) is 0 Å². The van der Waals surface area contributed by atoms with Crippen molar-refractivity contribution in [3.05, 3.63) is 0 Å². The summed E-state index contributed by atoms with van der Waals surface area (Å²) in [5.41, 5.74) is -0.266. The summed E-state index contributed by atoms with van der Waals surface area (Å²) in [5.74, 6) is 4.46. The summed E-state index contributed by atoms with van der Waals surface area (Å²) in [6.07, 6.45) is 26.3. The van der Waals surface area contributed by atoms with Crippen molar-refractivity contribution in [3.8, 4) is 0 Å². The van der Waals surface area contributed by atoms with E-state index in [1.165, 1.54) is 103 Å². The summed E-state index contributed by atoms with van der Waals surface area (Å²) in [6, 6.07) is 0. The van der Waals surface area contributed by atoms with Crippen molar-refractivity contribution >= 4 is 6.16 Å². The van der Waals surface area contributed by atoms with Gasteiger partial charge < -0.3 is 9.47 Å². The van der Waals surface area contributed by atoms with Crippen molar-refractivity contribution in [3.63, 3.8) is 0 Å². The molecular weight excluding hydrogens is 432 g/mol. The molecule has 3 rings (SSSR count). The van der Waals surface area contributed by atoms with Gasteiger partial charge in [0, 0.05) is 0 Å². The first-order valence-electron chi connectivity index (χ1n) is 15.9. The normalized spacial score (nSPS) is 33.9. The Hall–Kier alpha value is -0.730. The Morgan fingerprint density at radius 3 is 1.94 bits per heavy atom. The SMILES string of the molecule is CCCCCCCOC(=O)OC1(CCC2CCC(CCC)CC2)CCC(C2CCC(C)CC2)CC1. The lowest BCUT2D eigenvalue weighted by Crippen LogP contribution is -2.41. The Balaban J connectivity index is 1.48. The number of hydrogen-bond acceptors (Lipinski definition) is 3. The van der Waals surface area contributed by atoms with Crippen LogP contribution < -0.4 is 0 Å². The number of unbranched alkanes of at least 4 members (excludes halogenated alkanes) is 4. The third kappa shape index (κ3) is 9.92. The average molecular weight is 491 g/mol. The summed E-state index contributed by atoms with van der Waals surface area (Å²) < 4.78 is 11.8. The minimum absolute atomic E-state index is 0.266. The second-order valence-corrected chi connectivity index (χ2v) is 12.9. The molecule has 0 bridgehead atoms. The Morgan fingerprint density at radius 2 is 1.31 bits per heavy atom. The zero-order valence-corrected chi connectivity index (χ0v) is 23.7. The predicted molar refractivity (Wildman–Crippen MR) is 147 cm³/mol. The summed E-state index contributed by atoms with van der Waals surface area (Å²) in [7, 11) is 0. The summed E-state index contributed by atoms with van der Waals surface area (Å²) in [6.45, 7) is 7.49. The molecule has 0 aromatic carbocycles. The molecule has 0 radical (unpaired) electrons. The molecule has 3 saturated carbocycles. The van der Waals surface area contributed by atoms with E-state index in [0.29, 0.717) is 6.61 Å². The minimum atomic E-state index is -0.392. The van der Waals surface area contributed by atoms with Crippen LogP contribution in [-0.4, -0.2) is 18.4 Å². The maximum absolute atomic E-state index is 12.7. The van der Waals surface area contributed by atoms with Crippen LogP contribution in [0.2, 0.25) is 0 Å². The number of carbonyl (C=O) groups is 1. The lowest BCUT2D eigenvalue weighted by Gasteiger charge is -2.43. The maximum Gasteiger partial charge on any atom is 0.508 e. The molecule has 3 nitrogen and oxygen atoms in total. The monoisotopic (exact) mass is 490 g/mol. The molecule has 0 aromatic heterocycles. The van der Waals surface area contributed by atoms with Gasteiger partial charge in [0.05, 0.1) is 6.61 Å². The average Bonchev–Trinajstić information content (AvgIpc) is 2.87. The van der Waals surface area contributed by atoms with Crippen LogP contribution in [0.3, 0.4) is 0 Å². The van der Waals surface area contributed by atoms with E-state index in [1.54, 1.807) is 0 Å². The number of ether oxygens (including phenoxy) is 2. The minimum Gasteiger partial charge on any atom is -0.434 e. The maximum atomic E-state index is 12.7. The van der Waals surface area contributed by atoms with Gasteiger partial charge in [0.2, 0.25) is 0 Å². The Bertz CT molecular complexity index is 563. The number of carbonyl (C=O) groups excluding carboxylic acids is 1. The molecule has 0 unspecified atom stereocenters. The van der Waals surface area contributed by atoms with Crippen molar-refractivity contribution in [2.75, 3.05) is 6.61 Å². The fourth-order valence-electron chi connectivity index (χ4n) is 7.55. The molecule has 204 valence electrons. The van der Waals surface area contributed by atoms with Gasteiger partial charge in [-0.1, -0.05) is 97.8 Å². The van der Waals surface area contributed by atoms with Crippen molar-refractivity contribution in [1.82, 2.24) is 0 Å². The molecule has 0 aromatic rings. The van der Waals surface area contributed by atoms with Gasteiger partial charge in [-0.15, -0.1) is 0 Å². The fourth-order valence-corrected chi connectivity index (χ4v) is 7.55. The third-order valence-corrected chi connectivity index (χ3v) is 10.1. The van der Waals surface area contributed by atoms with Gasteiger partial charge in [-0.3, -0.25) is 0 Å². The van der Waals surface area contributed by atoms with Gasteiger partial charge >= 0.3 is 6.16 Å². The van der Waals surface area contributed by atoms with Crippen LogP contribution in [0.4, 0.5) is 4.79 Å². The van der Waals surface area contributed by atoms with Gasteiger partial charge in [-0.05, 0) is 87.4 Å². The lowest BCUT2D eigenvalue weighted by molar-refractivity contribution is -0.0751. The van der Waals surface area contributed by atoms with Gasteiger partial charge in [-0.2, -0.15) is 0 Å². The van der Waals surface area contributed by atoms with Crippen LogP contribution in [0.15, 0.2) is 0 Å². The molecule has 3 aliphatic rings. The molecule has 0 amide bonds. The predicted octanol–water partition coefficient (Wildman–Crippen LogP) is 10.3. The first kappa shape index (κ1) is 28.8. The summed E-state index contributed by atoms with van der Waals surface area (Å²) in [5, 5.41) is 0. The first-order chi connectivity index (χ1) is 17.0. The van der Waals surface area contributed by atoms with Crippen LogP contribution >= 0.6 is 0 Å². The molecule has 35 heavy (non-hydrogen) atoms. The fraction of sp³-hybridized carbons (Fsp3) is 0.969. The molecule has 0 heterocycles. The highest BCUT2D eigenvalue weighted by atomic mass is 16.7. The first-order valence-corrected chi connectivity index (χ1v) is 15.9. The van der Waals surface area contributed by atoms with Gasteiger partial charge in [0.1, 0.15) is 5.60 Å². The second kappa shape index (κ2) is 15.5. The zero-order valence-electron chi connectivity index (χ0n) is 23.7. The highest BCUT2D eigenvalue weighted by Crippen LogP contribution is 2.46. The molecule has 3 aliphatic carbocycles. The summed E-state index contributed by atoms with van der Waals surface area (Å²) in [4.78, 5) is 12.7. The molecule has 3 fully saturated rings. The molecule has 3 heteroatoms. The zero-order chi connectivity index (χ0) is 24.9. The molecule has 0 spiro atoms. The van der Waals surface area contributed by atoms with Crippen molar-refractivity contribution in [2.24, 2.45) is 29.6 Å². The van der Waals surface area contributed by atoms with E-state index in [1.807, 2.05) is 0 Å². The Kier molecular flexibility index (Phi) is 12.8. The van der Waals surface area contributed by atoms with Crippen LogP contribution in [0.1, 0.15) is 156 Å². The van der Waals surface area contributed by atoms with E-state index < -0.39 is 6.16 Å². The standard InChI is InChI=1S/C32H58O3/c1-4-6-7-8-9-25-34-31(33)35-32(22-19-28-15-13-27(10-5-2)14-16-28)23-20-30(21-24-32)29-17-11-26(3)12-18-29/h26-30H,4-25H2,1-3H3. The number of hydrogen-bond donors (Lipinski definition) is 0. The third-order valence-electron chi connectivity index (χ3n) is 10.1. The molecule has 0 N–H and O–H groups in total. The molecule has 0 atom stereocenters. The van der Waals surface area contributed by atoms with E-state index in [4.69, 9.17) is 9.47 Å². The van der Waals surface area contributed by atoms with Gasteiger partial charge in [-0.25, -0.2) is 4.79 Å².